The van der Waals surface area contributed by atoms with Gasteiger partial charge < -0.3 is 9.64 Å². The molecule has 2 aliphatic rings. The number of nitrogens with one attached hydrogen (secondary N) is 1. The summed E-state index contributed by atoms with van der Waals surface area (Å²) in [5.41, 5.74) is -0.504. The Morgan fingerprint density at radius 1 is 1.33 bits per heavy atom. The zero-order valence-corrected chi connectivity index (χ0v) is 14.0. The van der Waals surface area contributed by atoms with Crippen molar-refractivity contribution in [2.45, 2.75) is 83.3 Å². The number of hydrogen-bond donors (Lipinski definition) is 1. The van der Waals surface area contributed by atoms with Crippen molar-refractivity contribution >= 4 is 5.97 Å². The summed E-state index contributed by atoms with van der Waals surface area (Å²) in [6.07, 6.45) is 8.30. The normalized spacial score (nSPS) is 26.3. The summed E-state index contributed by atoms with van der Waals surface area (Å²) in [5.74, 6) is -0.0800. The SMILES string of the molecule is CCOC(=O)C(C)(CCCN1CCCCC1C)NC1CC1. The predicted octanol–water partition coefficient (Wildman–Crippen LogP) is 2.71. The minimum absolute atomic E-state index is 0.0800. The Balaban J connectivity index is 1.81. The van der Waals surface area contributed by atoms with Crippen molar-refractivity contribution < 1.29 is 9.53 Å². The van der Waals surface area contributed by atoms with Crippen molar-refractivity contribution in [1.29, 1.82) is 0 Å². The monoisotopic (exact) mass is 296 g/mol. The van der Waals surface area contributed by atoms with E-state index in [1.54, 1.807) is 0 Å². The number of rotatable bonds is 8. The molecule has 21 heavy (non-hydrogen) atoms. The van der Waals surface area contributed by atoms with Gasteiger partial charge in [0.15, 0.2) is 0 Å². The van der Waals surface area contributed by atoms with Gasteiger partial charge in [0, 0.05) is 12.1 Å². The molecule has 2 unspecified atom stereocenters. The summed E-state index contributed by atoms with van der Waals surface area (Å²) in [5, 5.41) is 3.51. The lowest BCUT2D eigenvalue weighted by Gasteiger charge is -2.35. The molecule has 1 aliphatic heterocycles. The van der Waals surface area contributed by atoms with Gasteiger partial charge in [0.1, 0.15) is 5.54 Å². The number of carbonyl (C=O) groups excluding carboxylic acids is 1. The van der Waals surface area contributed by atoms with E-state index in [2.05, 4.69) is 17.1 Å². The molecule has 0 bridgehead atoms. The highest BCUT2D eigenvalue weighted by Gasteiger charge is 2.39. The molecular weight excluding hydrogens is 264 g/mol. The number of carbonyl (C=O) groups is 1. The van der Waals surface area contributed by atoms with E-state index in [9.17, 15) is 4.79 Å². The highest BCUT2D eigenvalue weighted by Crippen LogP contribution is 2.26. The van der Waals surface area contributed by atoms with Gasteiger partial charge >= 0.3 is 5.97 Å². The Kier molecular flexibility index (Phi) is 6.06. The third-order valence-corrected chi connectivity index (χ3v) is 4.89. The maximum atomic E-state index is 12.3. The Morgan fingerprint density at radius 3 is 2.71 bits per heavy atom. The largest absolute Gasteiger partial charge is 0.465 e. The van der Waals surface area contributed by atoms with E-state index in [1.807, 2.05) is 13.8 Å². The van der Waals surface area contributed by atoms with Crippen LogP contribution in [-0.2, 0) is 9.53 Å². The summed E-state index contributed by atoms with van der Waals surface area (Å²) in [6.45, 7) is 9.00. The summed E-state index contributed by atoms with van der Waals surface area (Å²) < 4.78 is 5.28. The van der Waals surface area contributed by atoms with Crippen LogP contribution in [0.1, 0.15) is 65.7 Å². The van der Waals surface area contributed by atoms with E-state index in [1.165, 1.54) is 38.6 Å². The van der Waals surface area contributed by atoms with Gasteiger partial charge in [-0.2, -0.15) is 0 Å². The molecule has 0 aromatic rings. The number of nitrogens with zero attached hydrogens (tertiary/aromatic N) is 1. The zero-order chi connectivity index (χ0) is 15.3. The lowest BCUT2D eigenvalue weighted by atomic mass is 9.94. The molecule has 4 heteroatoms. The molecule has 4 nitrogen and oxygen atoms in total. The maximum absolute atomic E-state index is 12.3. The van der Waals surface area contributed by atoms with Gasteiger partial charge in [-0.15, -0.1) is 0 Å². The van der Waals surface area contributed by atoms with Crippen molar-refractivity contribution in [3.8, 4) is 0 Å². The number of hydrogen-bond acceptors (Lipinski definition) is 4. The van der Waals surface area contributed by atoms with Crippen LogP contribution < -0.4 is 5.32 Å². The zero-order valence-electron chi connectivity index (χ0n) is 14.0. The third-order valence-electron chi connectivity index (χ3n) is 4.89. The average molecular weight is 296 g/mol. The van der Waals surface area contributed by atoms with E-state index < -0.39 is 5.54 Å². The predicted molar refractivity (Wildman–Crippen MR) is 85.3 cm³/mol. The Hall–Kier alpha value is -0.610. The van der Waals surface area contributed by atoms with Crippen molar-refractivity contribution in [1.82, 2.24) is 10.2 Å². The fourth-order valence-electron chi connectivity index (χ4n) is 3.33. The highest BCUT2D eigenvalue weighted by atomic mass is 16.5. The maximum Gasteiger partial charge on any atom is 0.326 e. The van der Waals surface area contributed by atoms with Gasteiger partial charge in [0.2, 0.25) is 0 Å². The fourth-order valence-corrected chi connectivity index (χ4v) is 3.33. The summed E-state index contributed by atoms with van der Waals surface area (Å²) in [6, 6.07) is 1.22. The number of likely N-dealkylation sites (tertiary alicyclic amines) is 1. The summed E-state index contributed by atoms with van der Waals surface area (Å²) in [7, 11) is 0. The quantitative estimate of drug-likeness (QED) is 0.699. The molecule has 2 rings (SSSR count). The molecule has 122 valence electrons. The molecule has 2 atom stereocenters. The van der Waals surface area contributed by atoms with Crippen LogP contribution >= 0.6 is 0 Å². The van der Waals surface area contributed by atoms with E-state index in [-0.39, 0.29) is 5.97 Å². The first-order chi connectivity index (χ1) is 10.0. The van der Waals surface area contributed by atoms with Crippen molar-refractivity contribution in [2.75, 3.05) is 19.7 Å². The van der Waals surface area contributed by atoms with Gasteiger partial charge in [-0.05, 0) is 72.4 Å². The number of ether oxygens (including phenoxy) is 1. The van der Waals surface area contributed by atoms with Crippen LogP contribution in [-0.4, -0.2) is 48.2 Å². The van der Waals surface area contributed by atoms with Gasteiger partial charge in [-0.3, -0.25) is 10.1 Å². The molecule has 1 saturated heterocycles. The Bertz CT molecular complexity index is 344. The van der Waals surface area contributed by atoms with Crippen LogP contribution in [0.4, 0.5) is 0 Å². The van der Waals surface area contributed by atoms with Crippen molar-refractivity contribution in [3.63, 3.8) is 0 Å². The van der Waals surface area contributed by atoms with E-state index >= 15 is 0 Å². The molecule has 1 N–H and O–H groups in total. The van der Waals surface area contributed by atoms with Crippen molar-refractivity contribution in [2.24, 2.45) is 0 Å². The minimum atomic E-state index is -0.504. The summed E-state index contributed by atoms with van der Waals surface area (Å²) >= 11 is 0. The van der Waals surface area contributed by atoms with E-state index in [4.69, 9.17) is 4.74 Å². The first kappa shape index (κ1) is 16.8. The second-order valence-electron chi connectivity index (χ2n) is 6.96. The molecule has 1 heterocycles. The second-order valence-corrected chi connectivity index (χ2v) is 6.96. The lowest BCUT2D eigenvalue weighted by molar-refractivity contribution is -0.151. The lowest BCUT2D eigenvalue weighted by Crippen LogP contribution is -2.52. The molecule has 2 fully saturated rings. The van der Waals surface area contributed by atoms with Gasteiger partial charge in [0.05, 0.1) is 6.61 Å². The number of esters is 1. The molecule has 1 saturated carbocycles. The third kappa shape index (κ3) is 4.96. The standard InChI is InChI=1S/C17H32N2O2/c1-4-21-16(20)17(3,18-15-9-10-15)11-7-13-19-12-6-5-8-14(19)2/h14-15,18H,4-13H2,1-3H3. The topological polar surface area (TPSA) is 41.6 Å². The molecule has 0 spiro atoms. The van der Waals surface area contributed by atoms with Crippen LogP contribution in [0.25, 0.3) is 0 Å². The Morgan fingerprint density at radius 2 is 2.10 bits per heavy atom. The van der Waals surface area contributed by atoms with Gasteiger partial charge in [0.25, 0.3) is 0 Å². The fraction of sp³-hybridized carbons (Fsp3) is 0.941. The first-order valence-electron chi connectivity index (χ1n) is 8.74. The van der Waals surface area contributed by atoms with Crippen LogP contribution in [0.5, 0.6) is 0 Å². The van der Waals surface area contributed by atoms with Crippen LogP contribution in [0, 0.1) is 0 Å². The highest BCUT2D eigenvalue weighted by molar-refractivity contribution is 5.80. The van der Waals surface area contributed by atoms with Crippen molar-refractivity contribution in [3.05, 3.63) is 0 Å². The van der Waals surface area contributed by atoms with Gasteiger partial charge in [-0.1, -0.05) is 6.42 Å². The molecule has 0 aromatic carbocycles. The molecule has 1 aliphatic carbocycles. The average Bonchev–Trinajstić information content (AvgIpc) is 3.25. The second kappa shape index (κ2) is 7.59. The molecular formula is C17H32N2O2. The first-order valence-corrected chi connectivity index (χ1v) is 8.74. The Labute approximate surface area is 129 Å². The van der Waals surface area contributed by atoms with Crippen LogP contribution in [0.2, 0.25) is 0 Å². The molecule has 0 aromatic heterocycles. The van der Waals surface area contributed by atoms with Crippen LogP contribution in [0.15, 0.2) is 0 Å². The van der Waals surface area contributed by atoms with E-state index in [0.717, 1.165) is 19.4 Å². The number of piperidine rings is 1. The smallest absolute Gasteiger partial charge is 0.326 e. The molecule has 0 amide bonds. The van der Waals surface area contributed by atoms with Crippen LogP contribution in [0.3, 0.4) is 0 Å². The molecule has 0 radical (unpaired) electrons. The summed E-state index contributed by atoms with van der Waals surface area (Å²) in [4.78, 5) is 14.9. The minimum Gasteiger partial charge on any atom is -0.465 e. The van der Waals surface area contributed by atoms with E-state index in [0.29, 0.717) is 18.7 Å². The van der Waals surface area contributed by atoms with Gasteiger partial charge in [-0.25, -0.2) is 0 Å².